The molecule has 6 aromatic carbocycles. The van der Waals surface area contributed by atoms with Crippen molar-refractivity contribution < 1.29 is 81.6 Å². The highest BCUT2D eigenvalue weighted by Crippen LogP contribution is 2.34. The number of carbonyl (C=O) groups is 6. The maximum Gasteiger partial charge on any atom is 0.338 e. The van der Waals surface area contributed by atoms with Crippen LogP contribution in [0.1, 0.15) is 62.1 Å². The molecule has 2 N–H and O–H groups in total. The Hall–Kier alpha value is -8.06. The molecule has 0 radical (unpaired) electrons. The number of rotatable bonds is 16. The SMILES string of the molecule is O=C(OC[C@H]1O[C@H](OC[C@H]2O[C@H](O)[C@@H](OC(=O)c3ccccc3)[C@@H](O)[C@@H]2OC(=O)c2ccccc2)[C@@H](OC(=O)c2ccccc2)[C@@H](OC(=O)c2ccccc2)[C@@H]1OC(=O)c1ccccc1)c1ccccc1. The third-order valence-corrected chi connectivity index (χ3v) is 11.3. The standard InChI is InChI=1S/C54H46O17/c55-41-42(67-48(57)34-21-9-2-10-22-34)39(65-53(62)44(41)69-50(59)36-25-13-4-14-26-36)32-64-54-46(71-52(61)38-29-17-6-18-30-38)45(70-51(60)37-27-15-5-16-28-37)43(68-49(58)35-23-11-3-12-24-35)40(66-54)31-63-47(56)33-19-7-1-8-20-33/h1-30,39-46,53-55,62H,31-32H2/t39-,40-,41+,42-,43-,44+,45+,46+,53+,54+/m1/s1. The van der Waals surface area contributed by atoms with E-state index in [4.69, 9.17) is 42.6 Å². The van der Waals surface area contributed by atoms with Crippen LogP contribution in [0.15, 0.2) is 182 Å². The van der Waals surface area contributed by atoms with E-state index < -0.39 is 110 Å². The Labute approximate surface area is 406 Å². The first-order valence-electron chi connectivity index (χ1n) is 22.3. The Kier molecular flexibility index (Phi) is 16.3. The van der Waals surface area contributed by atoms with Crippen molar-refractivity contribution in [2.75, 3.05) is 13.2 Å². The van der Waals surface area contributed by atoms with E-state index in [1.807, 2.05) is 0 Å². The van der Waals surface area contributed by atoms with Gasteiger partial charge in [-0.1, -0.05) is 109 Å². The lowest BCUT2D eigenvalue weighted by atomic mass is 9.97. The van der Waals surface area contributed by atoms with Crippen LogP contribution in [-0.2, 0) is 42.6 Å². The minimum Gasteiger partial charge on any atom is -0.459 e. The van der Waals surface area contributed by atoms with Gasteiger partial charge in [0, 0.05) is 0 Å². The van der Waals surface area contributed by atoms with Crippen LogP contribution in [0, 0.1) is 0 Å². The Bertz CT molecular complexity index is 2730. The average molecular weight is 967 g/mol. The van der Waals surface area contributed by atoms with Crippen LogP contribution in [-0.4, -0.2) is 121 Å². The molecule has 364 valence electrons. The summed E-state index contributed by atoms with van der Waals surface area (Å²) in [6.45, 7) is -1.42. The number of aliphatic hydroxyl groups excluding tert-OH is 2. The van der Waals surface area contributed by atoms with E-state index in [1.54, 1.807) is 109 Å². The maximum atomic E-state index is 14.1. The fourth-order valence-electron chi connectivity index (χ4n) is 7.70. The van der Waals surface area contributed by atoms with Gasteiger partial charge in [0.1, 0.15) is 24.9 Å². The topological polar surface area (TPSA) is 226 Å². The second-order valence-corrected chi connectivity index (χ2v) is 16.1. The third kappa shape index (κ3) is 12.4. The summed E-state index contributed by atoms with van der Waals surface area (Å²) in [7, 11) is 0. The summed E-state index contributed by atoms with van der Waals surface area (Å²) in [6, 6.07) is 46.7. The molecular formula is C54H46O17. The van der Waals surface area contributed by atoms with Crippen molar-refractivity contribution in [2.45, 2.75) is 61.4 Å². The lowest BCUT2D eigenvalue weighted by molar-refractivity contribution is -0.323. The summed E-state index contributed by atoms with van der Waals surface area (Å²) in [4.78, 5) is 82.3. The molecule has 0 saturated carbocycles. The molecular weight excluding hydrogens is 921 g/mol. The summed E-state index contributed by atoms with van der Waals surface area (Å²) >= 11 is 0. The van der Waals surface area contributed by atoms with Crippen LogP contribution < -0.4 is 0 Å². The fraction of sp³-hybridized carbons (Fsp3) is 0.222. The summed E-state index contributed by atoms with van der Waals surface area (Å²) in [5.74, 6) is -5.52. The summed E-state index contributed by atoms with van der Waals surface area (Å²) in [6.07, 6.45) is -17.8. The summed E-state index contributed by atoms with van der Waals surface area (Å²) in [5, 5.41) is 23.1. The number of benzene rings is 6. The van der Waals surface area contributed by atoms with Gasteiger partial charge in [0.05, 0.1) is 40.0 Å². The number of hydrogen-bond donors (Lipinski definition) is 2. The van der Waals surface area contributed by atoms with Gasteiger partial charge in [-0.05, 0) is 72.8 Å². The first-order valence-corrected chi connectivity index (χ1v) is 22.3. The lowest BCUT2D eigenvalue weighted by Crippen LogP contribution is -2.64. The molecule has 0 amide bonds. The van der Waals surface area contributed by atoms with Gasteiger partial charge in [-0.15, -0.1) is 0 Å². The van der Waals surface area contributed by atoms with Crippen molar-refractivity contribution in [3.8, 4) is 0 Å². The molecule has 0 unspecified atom stereocenters. The minimum absolute atomic E-state index is 0.0435. The van der Waals surface area contributed by atoms with Crippen molar-refractivity contribution in [1.82, 2.24) is 0 Å². The summed E-state index contributed by atoms with van der Waals surface area (Å²) < 4.78 is 54.0. The van der Waals surface area contributed by atoms with Gasteiger partial charge >= 0.3 is 35.8 Å². The Morgan fingerprint density at radius 3 is 1.06 bits per heavy atom. The molecule has 2 aliphatic heterocycles. The van der Waals surface area contributed by atoms with Crippen molar-refractivity contribution in [2.24, 2.45) is 0 Å². The van der Waals surface area contributed by atoms with Crippen molar-refractivity contribution >= 4 is 35.8 Å². The number of esters is 6. The molecule has 17 nitrogen and oxygen atoms in total. The molecule has 2 saturated heterocycles. The monoisotopic (exact) mass is 966 g/mol. The first kappa shape index (κ1) is 49.4. The van der Waals surface area contributed by atoms with Crippen LogP contribution in [0.3, 0.4) is 0 Å². The van der Waals surface area contributed by atoms with Crippen LogP contribution >= 0.6 is 0 Å². The van der Waals surface area contributed by atoms with Crippen molar-refractivity contribution in [1.29, 1.82) is 0 Å². The van der Waals surface area contributed by atoms with Gasteiger partial charge < -0.3 is 52.8 Å². The molecule has 6 aromatic rings. The zero-order valence-electron chi connectivity index (χ0n) is 37.5. The van der Waals surface area contributed by atoms with Gasteiger partial charge in [0.15, 0.2) is 43.1 Å². The van der Waals surface area contributed by atoms with Gasteiger partial charge in [-0.2, -0.15) is 0 Å². The zero-order valence-corrected chi connectivity index (χ0v) is 37.5. The smallest absolute Gasteiger partial charge is 0.338 e. The van der Waals surface area contributed by atoms with Crippen LogP contribution in [0.25, 0.3) is 0 Å². The molecule has 2 fully saturated rings. The summed E-state index contributed by atoms with van der Waals surface area (Å²) in [5.41, 5.74) is 0.480. The molecule has 17 heteroatoms. The van der Waals surface area contributed by atoms with E-state index in [0.717, 1.165) is 0 Å². The number of ether oxygens (including phenoxy) is 9. The Morgan fingerprint density at radius 2 is 0.662 bits per heavy atom. The van der Waals surface area contributed by atoms with Crippen molar-refractivity contribution in [3.63, 3.8) is 0 Å². The zero-order chi connectivity index (χ0) is 49.7. The molecule has 8 rings (SSSR count). The second kappa shape index (κ2) is 23.5. The molecule has 2 heterocycles. The highest BCUT2D eigenvalue weighted by atomic mass is 16.7. The third-order valence-electron chi connectivity index (χ3n) is 11.3. The van der Waals surface area contributed by atoms with E-state index in [2.05, 4.69) is 0 Å². The highest BCUT2D eigenvalue weighted by molar-refractivity contribution is 5.92. The predicted octanol–water partition coefficient (Wildman–Crippen LogP) is 5.79. The van der Waals surface area contributed by atoms with E-state index in [1.165, 1.54) is 72.8 Å². The van der Waals surface area contributed by atoms with Crippen LogP contribution in [0.2, 0.25) is 0 Å². The van der Waals surface area contributed by atoms with Crippen molar-refractivity contribution in [3.05, 3.63) is 215 Å². The Balaban J connectivity index is 1.16. The minimum atomic E-state index is -2.04. The largest absolute Gasteiger partial charge is 0.459 e. The van der Waals surface area contributed by atoms with E-state index in [9.17, 15) is 39.0 Å². The molecule has 0 aromatic heterocycles. The molecule has 10 atom stereocenters. The lowest BCUT2D eigenvalue weighted by Gasteiger charge is -2.45. The number of carbonyl (C=O) groups excluding carboxylic acids is 6. The highest BCUT2D eigenvalue weighted by Gasteiger charge is 2.55. The average Bonchev–Trinajstić information content (AvgIpc) is 3.42. The van der Waals surface area contributed by atoms with E-state index in [-0.39, 0.29) is 33.4 Å². The van der Waals surface area contributed by atoms with Gasteiger partial charge in [-0.25, -0.2) is 28.8 Å². The molecule has 0 bridgehead atoms. The normalized spacial score (nSPS) is 23.7. The van der Waals surface area contributed by atoms with Gasteiger partial charge in [0.25, 0.3) is 0 Å². The van der Waals surface area contributed by atoms with Crippen LogP contribution in [0.4, 0.5) is 0 Å². The second-order valence-electron chi connectivity index (χ2n) is 16.1. The fourth-order valence-corrected chi connectivity index (χ4v) is 7.70. The van der Waals surface area contributed by atoms with E-state index in [0.29, 0.717) is 0 Å². The quantitative estimate of drug-likeness (QED) is 0.0864. The van der Waals surface area contributed by atoms with E-state index >= 15 is 0 Å². The molecule has 71 heavy (non-hydrogen) atoms. The molecule has 0 spiro atoms. The van der Waals surface area contributed by atoms with Crippen LogP contribution in [0.5, 0.6) is 0 Å². The number of aliphatic hydroxyl groups is 2. The Morgan fingerprint density at radius 1 is 0.352 bits per heavy atom. The number of hydrogen-bond acceptors (Lipinski definition) is 17. The van der Waals surface area contributed by atoms with Gasteiger partial charge in [-0.3, -0.25) is 0 Å². The molecule has 2 aliphatic rings. The maximum absolute atomic E-state index is 14.1. The first-order chi connectivity index (χ1) is 34.5. The molecule has 0 aliphatic carbocycles. The predicted molar refractivity (Wildman–Crippen MR) is 246 cm³/mol. The van der Waals surface area contributed by atoms with Gasteiger partial charge in [0.2, 0.25) is 0 Å².